The van der Waals surface area contributed by atoms with Gasteiger partial charge in [-0.15, -0.1) is 0 Å². The molecular formula is C14H12N2O2. The number of benzene rings is 1. The molecule has 0 aliphatic rings. The van der Waals surface area contributed by atoms with Crippen LogP contribution in [0.2, 0.25) is 0 Å². The SMILES string of the molecule is C/C(=C/Cn1ccc2cc(C#N)ccc21)C(=O)O. The molecule has 2 aromatic rings. The molecule has 2 rings (SSSR count). The zero-order valence-corrected chi connectivity index (χ0v) is 9.92. The third-order valence-corrected chi connectivity index (χ3v) is 2.83. The highest BCUT2D eigenvalue weighted by atomic mass is 16.4. The number of carboxylic acids is 1. The van der Waals surface area contributed by atoms with Crippen LogP contribution in [0.3, 0.4) is 0 Å². The first-order chi connectivity index (χ1) is 8.61. The van der Waals surface area contributed by atoms with Crippen molar-refractivity contribution in [2.75, 3.05) is 0 Å². The largest absolute Gasteiger partial charge is 0.478 e. The smallest absolute Gasteiger partial charge is 0.331 e. The Bertz CT molecular complexity index is 675. The van der Waals surface area contributed by atoms with Gasteiger partial charge in [-0.2, -0.15) is 5.26 Å². The Morgan fingerprint density at radius 2 is 2.28 bits per heavy atom. The topological polar surface area (TPSA) is 66.0 Å². The van der Waals surface area contributed by atoms with Gasteiger partial charge in [0.15, 0.2) is 0 Å². The normalized spacial score (nSPS) is 11.4. The number of allylic oxidation sites excluding steroid dienone is 1. The molecular weight excluding hydrogens is 228 g/mol. The maximum atomic E-state index is 10.7. The van der Waals surface area contributed by atoms with Gasteiger partial charge in [0.1, 0.15) is 0 Å². The summed E-state index contributed by atoms with van der Waals surface area (Å²) < 4.78 is 1.95. The summed E-state index contributed by atoms with van der Waals surface area (Å²) in [4.78, 5) is 10.7. The van der Waals surface area contributed by atoms with Crippen LogP contribution in [0.5, 0.6) is 0 Å². The molecule has 18 heavy (non-hydrogen) atoms. The van der Waals surface area contributed by atoms with E-state index in [2.05, 4.69) is 6.07 Å². The second kappa shape index (κ2) is 4.76. The average molecular weight is 240 g/mol. The van der Waals surface area contributed by atoms with Crippen LogP contribution in [0.25, 0.3) is 10.9 Å². The van der Waals surface area contributed by atoms with Crippen molar-refractivity contribution in [2.45, 2.75) is 13.5 Å². The van der Waals surface area contributed by atoms with E-state index >= 15 is 0 Å². The van der Waals surface area contributed by atoms with Gasteiger partial charge in [-0.05, 0) is 31.2 Å². The number of hydrogen-bond acceptors (Lipinski definition) is 2. The summed E-state index contributed by atoms with van der Waals surface area (Å²) in [6.07, 6.45) is 3.55. The lowest BCUT2D eigenvalue weighted by Gasteiger charge is -2.02. The van der Waals surface area contributed by atoms with E-state index in [9.17, 15) is 4.79 Å². The molecule has 0 saturated carbocycles. The van der Waals surface area contributed by atoms with Gasteiger partial charge in [0.25, 0.3) is 0 Å². The molecule has 1 heterocycles. The van der Waals surface area contributed by atoms with E-state index in [0.29, 0.717) is 17.7 Å². The van der Waals surface area contributed by atoms with Crippen molar-refractivity contribution in [3.05, 3.63) is 47.7 Å². The fourth-order valence-electron chi connectivity index (χ4n) is 1.75. The first-order valence-corrected chi connectivity index (χ1v) is 5.51. The number of hydrogen-bond donors (Lipinski definition) is 1. The van der Waals surface area contributed by atoms with Crippen LogP contribution in [0.4, 0.5) is 0 Å². The van der Waals surface area contributed by atoms with Gasteiger partial charge in [0.05, 0.1) is 11.6 Å². The van der Waals surface area contributed by atoms with E-state index in [0.717, 1.165) is 10.9 Å². The quantitative estimate of drug-likeness (QED) is 0.838. The fourth-order valence-corrected chi connectivity index (χ4v) is 1.75. The Kier molecular flexibility index (Phi) is 3.16. The molecule has 0 unspecified atom stereocenters. The number of aliphatic carboxylic acids is 1. The van der Waals surface area contributed by atoms with Crippen LogP contribution in [0.1, 0.15) is 12.5 Å². The summed E-state index contributed by atoms with van der Waals surface area (Å²) in [5.74, 6) is -0.904. The molecule has 0 fully saturated rings. The lowest BCUT2D eigenvalue weighted by atomic mass is 10.2. The van der Waals surface area contributed by atoms with Crippen LogP contribution in [-0.2, 0) is 11.3 Å². The zero-order chi connectivity index (χ0) is 13.1. The number of rotatable bonds is 3. The summed E-state index contributed by atoms with van der Waals surface area (Å²) in [7, 11) is 0. The third-order valence-electron chi connectivity index (χ3n) is 2.83. The Morgan fingerprint density at radius 1 is 1.50 bits per heavy atom. The Morgan fingerprint density at radius 3 is 2.94 bits per heavy atom. The van der Waals surface area contributed by atoms with Crippen molar-refractivity contribution in [3.8, 4) is 6.07 Å². The molecule has 0 aliphatic carbocycles. The van der Waals surface area contributed by atoms with Crippen molar-refractivity contribution < 1.29 is 9.90 Å². The molecule has 0 atom stereocenters. The van der Waals surface area contributed by atoms with Crippen molar-refractivity contribution in [3.63, 3.8) is 0 Å². The summed E-state index contributed by atoms with van der Waals surface area (Å²) in [6.45, 7) is 2.08. The van der Waals surface area contributed by atoms with Gasteiger partial charge in [-0.1, -0.05) is 6.08 Å². The number of carboxylic acid groups (broad SMARTS) is 1. The molecule has 1 aromatic carbocycles. The minimum absolute atomic E-state index is 0.325. The minimum atomic E-state index is -0.904. The van der Waals surface area contributed by atoms with Crippen molar-refractivity contribution in [2.24, 2.45) is 0 Å². The van der Waals surface area contributed by atoms with E-state index < -0.39 is 5.97 Å². The van der Waals surface area contributed by atoms with Crippen molar-refractivity contribution >= 4 is 16.9 Å². The van der Waals surface area contributed by atoms with Gasteiger partial charge in [-0.25, -0.2) is 4.79 Å². The molecule has 90 valence electrons. The average Bonchev–Trinajstić information content (AvgIpc) is 2.77. The number of nitrogens with zero attached hydrogens (tertiary/aromatic N) is 2. The number of fused-ring (bicyclic) bond motifs is 1. The van der Waals surface area contributed by atoms with Crippen LogP contribution in [-0.4, -0.2) is 15.6 Å². The first-order valence-electron chi connectivity index (χ1n) is 5.51. The maximum absolute atomic E-state index is 10.7. The van der Waals surface area contributed by atoms with Crippen LogP contribution >= 0.6 is 0 Å². The highest BCUT2D eigenvalue weighted by Crippen LogP contribution is 2.17. The van der Waals surface area contributed by atoms with Crippen LogP contribution in [0, 0.1) is 11.3 Å². The van der Waals surface area contributed by atoms with Crippen molar-refractivity contribution in [1.29, 1.82) is 5.26 Å². The van der Waals surface area contributed by atoms with E-state index in [1.54, 1.807) is 19.1 Å². The second-order valence-electron chi connectivity index (χ2n) is 4.05. The van der Waals surface area contributed by atoms with E-state index in [1.807, 2.05) is 29.0 Å². The summed E-state index contributed by atoms with van der Waals surface area (Å²) >= 11 is 0. The summed E-state index contributed by atoms with van der Waals surface area (Å²) in [5.41, 5.74) is 1.94. The molecule has 1 N–H and O–H groups in total. The summed E-state index contributed by atoms with van der Waals surface area (Å²) in [6, 6.07) is 9.46. The molecule has 0 bridgehead atoms. The van der Waals surface area contributed by atoms with Gasteiger partial charge < -0.3 is 9.67 Å². The van der Waals surface area contributed by atoms with Gasteiger partial charge >= 0.3 is 5.97 Å². The zero-order valence-electron chi connectivity index (χ0n) is 9.92. The van der Waals surface area contributed by atoms with Crippen LogP contribution < -0.4 is 0 Å². The Hall–Kier alpha value is -2.54. The second-order valence-corrected chi connectivity index (χ2v) is 4.05. The monoisotopic (exact) mass is 240 g/mol. The van der Waals surface area contributed by atoms with E-state index in [-0.39, 0.29) is 0 Å². The lowest BCUT2D eigenvalue weighted by Crippen LogP contribution is -1.99. The molecule has 0 radical (unpaired) electrons. The van der Waals surface area contributed by atoms with Crippen LogP contribution in [0.15, 0.2) is 42.1 Å². The predicted molar refractivity (Wildman–Crippen MR) is 68.0 cm³/mol. The standard InChI is InChI=1S/C14H12N2O2/c1-10(14(17)18)4-6-16-7-5-12-8-11(9-15)2-3-13(12)16/h2-5,7-8H,6H2,1H3,(H,17,18)/b10-4-. The lowest BCUT2D eigenvalue weighted by molar-refractivity contribution is -0.132. The highest BCUT2D eigenvalue weighted by molar-refractivity contribution is 5.86. The van der Waals surface area contributed by atoms with E-state index in [4.69, 9.17) is 10.4 Å². The first kappa shape index (κ1) is 11.9. The fraction of sp³-hybridized carbons (Fsp3) is 0.143. The van der Waals surface area contributed by atoms with E-state index in [1.165, 1.54) is 0 Å². The van der Waals surface area contributed by atoms with Gasteiger partial charge in [0.2, 0.25) is 0 Å². The molecule has 0 saturated heterocycles. The molecule has 0 spiro atoms. The molecule has 1 aromatic heterocycles. The molecule has 0 aliphatic heterocycles. The maximum Gasteiger partial charge on any atom is 0.331 e. The van der Waals surface area contributed by atoms with Gasteiger partial charge in [0, 0.05) is 29.2 Å². The minimum Gasteiger partial charge on any atom is -0.478 e. The molecule has 0 amide bonds. The number of carbonyl (C=O) groups is 1. The Labute approximate surface area is 104 Å². The molecule has 4 nitrogen and oxygen atoms in total. The Balaban J connectivity index is 2.34. The number of nitriles is 1. The third kappa shape index (κ3) is 2.25. The molecule has 4 heteroatoms. The van der Waals surface area contributed by atoms with Gasteiger partial charge in [-0.3, -0.25) is 0 Å². The number of aromatic nitrogens is 1. The summed E-state index contributed by atoms with van der Waals surface area (Å²) in [5, 5.41) is 18.6. The van der Waals surface area contributed by atoms with Crippen molar-refractivity contribution in [1.82, 2.24) is 4.57 Å². The highest BCUT2D eigenvalue weighted by Gasteiger charge is 2.03. The predicted octanol–water partition coefficient (Wildman–Crippen LogP) is 2.54.